The molecule has 0 amide bonds. The van der Waals surface area contributed by atoms with E-state index in [0.717, 1.165) is 13.1 Å². The molecular weight excluding hydrogens is 292 g/mol. The largest absolute Gasteiger partial charge is 0.417 e. The van der Waals surface area contributed by atoms with E-state index in [9.17, 15) is 9.90 Å². The van der Waals surface area contributed by atoms with E-state index in [1.54, 1.807) is 6.07 Å². The lowest BCUT2D eigenvalue weighted by atomic mass is 9.92. The topological polar surface area (TPSA) is 69.5 Å². The average Bonchev–Trinajstić information content (AvgIpc) is 3.10. The molecule has 1 fully saturated rings. The Labute approximate surface area is 133 Å². The van der Waals surface area contributed by atoms with E-state index in [4.69, 9.17) is 4.42 Å². The monoisotopic (exact) mass is 310 g/mol. The van der Waals surface area contributed by atoms with Gasteiger partial charge >= 0.3 is 5.76 Å². The van der Waals surface area contributed by atoms with Gasteiger partial charge in [0.2, 0.25) is 0 Å². The third-order valence-electron chi connectivity index (χ3n) is 4.52. The van der Waals surface area contributed by atoms with Gasteiger partial charge in [-0.15, -0.1) is 0 Å². The van der Waals surface area contributed by atoms with Crippen LogP contribution in [0.15, 0.2) is 57.7 Å². The fourth-order valence-corrected chi connectivity index (χ4v) is 3.41. The molecule has 5 nitrogen and oxygen atoms in total. The molecule has 2 N–H and O–H groups in total. The number of oxazole rings is 1. The fourth-order valence-electron chi connectivity index (χ4n) is 3.41. The Balaban J connectivity index is 1.62. The number of nitrogens with zero attached hydrogens (tertiary/aromatic N) is 1. The zero-order chi connectivity index (χ0) is 15.9. The summed E-state index contributed by atoms with van der Waals surface area (Å²) >= 11 is 0. The van der Waals surface area contributed by atoms with Crippen molar-refractivity contribution in [3.63, 3.8) is 0 Å². The van der Waals surface area contributed by atoms with Crippen molar-refractivity contribution in [3.8, 4) is 0 Å². The summed E-state index contributed by atoms with van der Waals surface area (Å²) in [6, 6.07) is 15.7. The van der Waals surface area contributed by atoms with Gasteiger partial charge in [0.15, 0.2) is 5.58 Å². The van der Waals surface area contributed by atoms with Gasteiger partial charge in [-0.25, -0.2) is 4.79 Å². The maximum atomic E-state index is 11.5. The van der Waals surface area contributed by atoms with Crippen LogP contribution < -0.4 is 5.76 Å². The third kappa shape index (κ3) is 2.58. The van der Waals surface area contributed by atoms with Crippen molar-refractivity contribution in [2.45, 2.75) is 18.6 Å². The number of β-amino-alcohol motifs (C(OH)–C–C–N with tert-alkyl or cyclic N) is 1. The van der Waals surface area contributed by atoms with E-state index in [1.165, 1.54) is 5.56 Å². The Morgan fingerprint density at radius 2 is 2.00 bits per heavy atom. The predicted molar refractivity (Wildman–Crippen MR) is 87.1 cm³/mol. The van der Waals surface area contributed by atoms with E-state index >= 15 is 0 Å². The lowest BCUT2D eigenvalue weighted by Gasteiger charge is -2.24. The van der Waals surface area contributed by atoms with Gasteiger partial charge < -0.3 is 9.52 Å². The molecule has 0 bridgehead atoms. The molecule has 0 spiro atoms. The summed E-state index contributed by atoms with van der Waals surface area (Å²) in [7, 11) is 0. The predicted octanol–water partition coefficient (Wildman–Crippen LogP) is 2.21. The molecule has 1 saturated heterocycles. The van der Waals surface area contributed by atoms with Crippen LogP contribution in [0.2, 0.25) is 0 Å². The highest BCUT2D eigenvalue weighted by atomic mass is 16.4. The molecule has 4 rings (SSSR count). The summed E-state index contributed by atoms with van der Waals surface area (Å²) in [5, 5.41) is 11.1. The van der Waals surface area contributed by atoms with Gasteiger partial charge in [-0.2, -0.15) is 0 Å². The Morgan fingerprint density at radius 1 is 1.17 bits per heavy atom. The first-order valence-corrected chi connectivity index (χ1v) is 7.75. The number of para-hydroxylation sites is 1. The summed E-state index contributed by atoms with van der Waals surface area (Å²) < 4.78 is 5.24. The molecule has 0 radical (unpaired) electrons. The third-order valence-corrected chi connectivity index (χ3v) is 4.52. The van der Waals surface area contributed by atoms with E-state index in [-0.39, 0.29) is 0 Å². The molecule has 1 aliphatic heterocycles. The van der Waals surface area contributed by atoms with E-state index < -0.39 is 11.4 Å². The van der Waals surface area contributed by atoms with Crippen molar-refractivity contribution in [1.29, 1.82) is 0 Å². The van der Waals surface area contributed by atoms with Crippen molar-refractivity contribution >= 4 is 11.1 Å². The minimum absolute atomic E-state index is 0.460. The lowest BCUT2D eigenvalue weighted by Crippen LogP contribution is -2.30. The van der Waals surface area contributed by atoms with Crippen LogP contribution in [0.4, 0.5) is 0 Å². The van der Waals surface area contributed by atoms with Gasteiger partial charge in [0.1, 0.15) is 5.60 Å². The normalized spacial score (nSPS) is 22.0. The number of rotatable bonds is 3. The second-order valence-corrected chi connectivity index (χ2v) is 6.17. The standard InChI is InChI=1S/C18H18N2O3/c21-17-19-15-8-4-7-14(16(15)23-17)18(22)9-10-20(12-18)11-13-5-2-1-3-6-13/h1-8,22H,9-12H2,(H,19,21). The molecule has 118 valence electrons. The summed E-state index contributed by atoms with van der Waals surface area (Å²) in [4.78, 5) is 16.3. The van der Waals surface area contributed by atoms with Gasteiger partial charge in [-0.3, -0.25) is 9.88 Å². The number of hydrogen-bond donors (Lipinski definition) is 2. The Bertz CT molecular complexity index is 884. The van der Waals surface area contributed by atoms with Gasteiger partial charge in [0.25, 0.3) is 0 Å². The number of aromatic amines is 1. The van der Waals surface area contributed by atoms with Crippen LogP contribution in [-0.4, -0.2) is 28.1 Å². The minimum Gasteiger partial charge on any atom is -0.407 e. The molecule has 0 saturated carbocycles. The number of nitrogens with one attached hydrogen (secondary N) is 1. The van der Waals surface area contributed by atoms with Crippen LogP contribution in [0.25, 0.3) is 11.1 Å². The van der Waals surface area contributed by atoms with Crippen LogP contribution in [0.1, 0.15) is 17.5 Å². The minimum atomic E-state index is -0.994. The second kappa shape index (κ2) is 5.37. The number of benzene rings is 2. The van der Waals surface area contributed by atoms with Gasteiger partial charge in [0, 0.05) is 25.2 Å². The average molecular weight is 310 g/mol. The van der Waals surface area contributed by atoms with E-state index in [0.29, 0.717) is 29.6 Å². The van der Waals surface area contributed by atoms with Crippen molar-refractivity contribution in [2.24, 2.45) is 0 Å². The van der Waals surface area contributed by atoms with Gasteiger partial charge in [-0.1, -0.05) is 42.5 Å². The summed E-state index contributed by atoms with van der Waals surface area (Å²) in [6.07, 6.45) is 0.619. The molecule has 2 heterocycles. The molecule has 0 aliphatic carbocycles. The number of fused-ring (bicyclic) bond motifs is 1. The summed E-state index contributed by atoms with van der Waals surface area (Å²) in [5.74, 6) is -0.491. The highest BCUT2D eigenvalue weighted by Crippen LogP contribution is 2.36. The Morgan fingerprint density at radius 3 is 2.83 bits per heavy atom. The molecule has 1 unspecified atom stereocenters. The quantitative estimate of drug-likeness (QED) is 0.778. The van der Waals surface area contributed by atoms with Crippen LogP contribution >= 0.6 is 0 Å². The fraction of sp³-hybridized carbons (Fsp3) is 0.278. The first-order valence-electron chi connectivity index (χ1n) is 7.75. The van der Waals surface area contributed by atoms with Gasteiger partial charge in [0.05, 0.1) is 5.52 Å². The van der Waals surface area contributed by atoms with Crippen molar-refractivity contribution in [3.05, 3.63) is 70.2 Å². The first-order chi connectivity index (χ1) is 11.1. The molecule has 3 aromatic rings. The van der Waals surface area contributed by atoms with E-state index in [1.807, 2.05) is 30.3 Å². The number of hydrogen-bond acceptors (Lipinski definition) is 4. The zero-order valence-electron chi connectivity index (χ0n) is 12.7. The SMILES string of the molecule is O=c1[nH]c2cccc(C3(O)CCN(Cc4ccccc4)C3)c2o1. The zero-order valence-corrected chi connectivity index (χ0v) is 12.7. The maximum absolute atomic E-state index is 11.5. The molecule has 1 atom stereocenters. The Kier molecular flexibility index (Phi) is 3.32. The van der Waals surface area contributed by atoms with Crippen LogP contribution in [-0.2, 0) is 12.1 Å². The molecule has 23 heavy (non-hydrogen) atoms. The number of likely N-dealkylation sites (tertiary alicyclic amines) is 1. The number of aromatic nitrogens is 1. The number of H-pyrrole nitrogens is 1. The van der Waals surface area contributed by atoms with Gasteiger partial charge in [-0.05, 0) is 18.1 Å². The van der Waals surface area contributed by atoms with Crippen molar-refractivity contribution < 1.29 is 9.52 Å². The van der Waals surface area contributed by atoms with Crippen LogP contribution in [0.3, 0.4) is 0 Å². The maximum Gasteiger partial charge on any atom is 0.417 e. The first kappa shape index (κ1) is 14.2. The summed E-state index contributed by atoms with van der Waals surface area (Å²) in [6.45, 7) is 2.13. The number of aliphatic hydroxyl groups is 1. The lowest BCUT2D eigenvalue weighted by molar-refractivity contribution is 0.0458. The van der Waals surface area contributed by atoms with Crippen LogP contribution in [0, 0.1) is 0 Å². The van der Waals surface area contributed by atoms with Crippen LogP contribution in [0.5, 0.6) is 0 Å². The summed E-state index contributed by atoms with van der Waals surface area (Å²) in [5.41, 5.74) is 2.00. The molecule has 2 aromatic carbocycles. The second-order valence-electron chi connectivity index (χ2n) is 6.17. The van der Waals surface area contributed by atoms with Crippen molar-refractivity contribution in [2.75, 3.05) is 13.1 Å². The molecule has 1 aliphatic rings. The van der Waals surface area contributed by atoms with Crippen molar-refractivity contribution in [1.82, 2.24) is 9.88 Å². The smallest absolute Gasteiger partial charge is 0.407 e. The van der Waals surface area contributed by atoms with E-state index in [2.05, 4.69) is 22.0 Å². The highest BCUT2D eigenvalue weighted by molar-refractivity contribution is 5.77. The molecular formula is C18H18N2O3. The molecule has 5 heteroatoms. The Hall–Kier alpha value is -2.37. The molecule has 1 aromatic heterocycles. The highest BCUT2D eigenvalue weighted by Gasteiger charge is 2.39.